The summed E-state index contributed by atoms with van der Waals surface area (Å²) in [5, 5.41) is 13.0. The molecule has 126 valence electrons. The number of nitrogens with zero attached hydrogens (tertiary/aromatic N) is 1. The number of carbonyl (C=O) groups is 2. The van der Waals surface area contributed by atoms with Crippen molar-refractivity contribution in [2.75, 3.05) is 26.7 Å². The number of carbonyl (C=O) groups excluding carboxylic acids is 2. The number of benzene rings is 1. The molecule has 1 aromatic rings. The van der Waals surface area contributed by atoms with E-state index in [0.717, 1.165) is 0 Å². The summed E-state index contributed by atoms with van der Waals surface area (Å²) in [6.45, 7) is 2.95. The van der Waals surface area contributed by atoms with Gasteiger partial charge in [0.15, 0.2) is 0 Å². The quantitative estimate of drug-likeness (QED) is 0.852. The fourth-order valence-corrected chi connectivity index (χ4v) is 2.76. The van der Waals surface area contributed by atoms with Gasteiger partial charge in [0.25, 0.3) is 0 Å². The second kappa shape index (κ2) is 7.97. The van der Waals surface area contributed by atoms with Gasteiger partial charge in [0, 0.05) is 32.5 Å². The molecule has 0 saturated carbocycles. The van der Waals surface area contributed by atoms with Crippen LogP contribution in [0.3, 0.4) is 0 Å². The molecule has 1 saturated heterocycles. The van der Waals surface area contributed by atoms with Gasteiger partial charge in [-0.05, 0) is 30.5 Å². The minimum atomic E-state index is -0.772. The lowest BCUT2D eigenvalue weighted by atomic mass is 9.95. The molecule has 1 atom stereocenters. The molecular formula is C17H24N2O4. The molecule has 1 heterocycles. The lowest BCUT2D eigenvalue weighted by Crippen LogP contribution is -2.43. The van der Waals surface area contributed by atoms with E-state index < -0.39 is 6.10 Å². The third-order valence-corrected chi connectivity index (χ3v) is 4.26. The Morgan fingerprint density at radius 3 is 2.70 bits per heavy atom. The average Bonchev–Trinajstić information content (AvgIpc) is 2.59. The van der Waals surface area contributed by atoms with Crippen LogP contribution in [0.5, 0.6) is 5.75 Å². The largest absolute Gasteiger partial charge is 0.497 e. The number of likely N-dealkylation sites (tertiary alicyclic amines) is 1. The van der Waals surface area contributed by atoms with Crippen LogP contribution in [0, 0.1) is 5.92 Å². The van der Waals surface area contributed by atoms with Crippen molar-refractivity contribution in [1.82, 2.24) is 10.2 Å². The normalized spacial score (nSPS) is 16.7. The molecule has 23 heavy (non-hydrogen) atoms. The summed E-state index contributed by atoms with van der Waals surface area (Å²) in [4.78, 5) is 25.2. The fraction of sp³-hybridized carbons (Fsp3) is 0.529. The van der Waals surface area contributed by atoms with Crippen LogP contribution in [0.1, 0.15) is 31.4 Å². The van der Waals surface area contributed by atoms with E-state index in [9.17, 15) is 14.7 Å². The van der Waals surface area contributed by atoms with Gasteiger partial charge in [-0.25, -0.2) is 0 Å². The maximum atomic E-state index is 12.2. The molecule has 0 aromatic heterocycles. The summed E-state index contributed by atoms with van der Waals surface area (Å²) in [5.74, 6) is 0.569. The summed E-state index contributed by atoms with van der Waals surface area (Å²) < 4.78 is 5.12. The fourth-order valence-electron chi connectivity index (χ4n) is 2.76. The van der Waals surface area contributed by atoms with E-state index in [1.54, 1.807) is 43.2 Å². The Labute approximate surface area is 136 Å². The van der Waals surface area contributed by atoms with Gasteiger partial charge >= 0.3 is 0 Å². The molecule has 1 aliphatic heterocycles. The topological polar surface area (TPSA) is 78.9 Å². The van der Waals surface area contributed by atoms with E-state index in [0.29, 0.717) is 37.2 Å². The predicted molar refractivity (Wildman–Crippen MR) is 85.9 cm³/mol. The van der Waals surface area contributed by atoms with Crippen molar-refractivity contribution in [3.05, 3.63) is 29.8 Å². The van der Waals surface area contributed by atoms with Crippen LogP contribution >= 0.6 is 0 Å². The summed E-state index contributed by atoms with van der Waals surface area (Å²) in [7, 11) is 1.57. The molecule has 0 radical (unpaired) electrons. The van der Waals surface area contributed by atoms with Crippen LogP contribution in [0.25, 0.3) is 0 Å². The Morgan fingerprint density at radius 2 is 2.09 bits per heavy atom. The van der Waals surface area contributed by atoms with Crippen LogP contribution < -0.4 is 10.1 Å². The van der Waals surface area contributed by atoms with E-state index in [4.69, 9.17) is 4.74 Å². The minimum absolute atomic E-state index is 0.0531. The van der Waals surface area contributed by atoms with Gasteiger partial charge in [-0.1, -0.05) is 12.1 Å². The first kappa shape index (κ1) is 17.3. The van der Waals surface area contributed by atoms with E-state index >= 15 is 0 Å². The number of rotatable bonds is 5. The highest BCUT2D eigenvalue weighted by atomic mass is 16.5. The Kier molecular flexibility index (Phi) is 5.98. The molecule has 0 spiro atoms. The van der Waals surface area contributed by atoms with Crippen LogP contribution in [-0.4, -0.2) is 48.6 Å². The van der Waals surface area contributed by atoms with Gasteiger partial charge in [0.05, 0.1) is 13.2 Å². The number of hydrogen-bond donors (Lipinski definition) is 2. The molecule has 1 unspecified atom stereocenters. The molecule has 2 rings (SSSR count). The van der Waals surface area contributed by atoms with Crippen molar-refractivity contribution < 1.29 is 19.4 Å². The molecule has 0 bridgehead atoms. The van der Waals surface area contributed by atoms with Crippen molar-refractivity contribution in [2.45, 2.75) is 25.9 Å². The summed E-state index contributed by atoms with van der Waals surface area (Å²) >= 11 is 0. The molecule has 1 aromatic carbocycles. The zero-order chi connectivity index (χ0) is 16.8. The minimum Gasteiger partial charge on any atom is -0.497 e. The average molecular weight is 320 g/mol. The van der Waals surface area contributed by atoms with Crippen molar-refractivity contribution in [3.63, 3.8) is 0 Å². The van der Waals surface area contributed by atoms with Crippen molar-refractivity contribution >= 4 is 11.8 Å². The smallest absolute Gasteiger partial charge is 0.223 e. The summed E-state index contributed by atoms with van der Waals surface area (Å²) in [6, 6.07) is 7.15. The summed E-state index contributed by atoms with van der Waals surface area (Å²) in [6.07, 6.45) is 0.563. The second-order valence-corrected chi connectivity index (χ2v) is 5.82. The number of ether oxygens (including phenoxy) is 1. The molecule has 1 fully saturated rings. The maximum absolute atomic E-state index is 12.2. The third kappa shape index (κ3) is 4.69. The van der Waals surface area contributed by atoms with Crippen molar-refractivity contribution in [1.29, 1.82) is 0 Å². The number of aliphatic hydroxyl groups is 1. The molecule has 1 aliphatic rings. The maximum Gasteiger partial charge on any atom is 0.223 e. The lowest BCUT2D eigenvalue weighted by Gasteiger charge is -2.30. The number of piperidine rings is 1. The number of aliphatic hydroxyl groups excluding tert-OH is 1. The van der Waals surface area contributed by atoms with E-state index in [1.807, 2.05) is 0 Å². The zero-order valence-electron chi connectivity index (χ0n) is 13.6. The standard InChI is InChI=1S/C17H24N2O4/c1-12(20)19-8-6-13(7-9-19)17(22)18-11-16(21)14-4-3-5-15(10-14)23-2/h3-5,10,13,16,21H,6-9,11H2,1-2H3,(H,18,22). The Hall–Kier alpha value is -2.08. The van der Waals surface area contributed by atoms with Crippen LogP contribution in [-0.2, 0) is 9.59 Å². The number of amides is 2. The van der Waals surface area contributed by atoms with E-state index in [2.05, 4.69) is 5.32 Å². The first-order chi connectivity index (χ1) is 11.0. The Bertz CT molecular complexity index is 553. The summed E-state index contributed by atoms with van der Waals surface area (Å²) in [5.41, 5.74) is 0.705. The molecule has 0 aliphatic carbocycles. The van der Waals surface area contributed by atoms with Gasteiger partial charge in [-0.15, -0.1) is 0 Å². The number of hydrogen-bond acceptors (Lipinski definition) is 4. The van der Waals surface area contributed by atoms with Crippen LogP contribution in [0.4, 0.5) is 0 Å². The van der Waals surface area contributed by atoms with Gasteiger partial charge in [0.1, 0.15) is 5.75 Å². The number of nitrogens with one attached hydrogen (secondary N) is 1. The molecule has 2 N–H and O–H groups in total. The van der Waals surface area contributed by atoms with Crippen molar-refractivity contribution in [2.24, 2.45) is 5.92 Å². The Balaban J connectivity index is 1.81. The lowest BCUT2D eigenvalue weighted by molar-refractivity contribution is -0.134. The van der Waals surface area contributed by atoms with Gasteiger partial charge < -0.3 is 20.1 Å². The third-order valence-electron chi connectivity index (χ3n) is 4.26. The molecular weight excluding hydrogens is 296 g/mol. The van der Waals surface area contributed by atoms with E-state index in [-0.39, 0.29) is 24.3 Å². The predicted octanol–water partition coefficient (Wildman–Crippen LogP) is 1.10. The first-order valence-electron chi connectivity index (χ1n) is 7.86. The Morgan fingerprint density at radius 1 is 1.39 bits per heavy atom. The zero-order valence-corrected chi connectivity index (χ0v) is 13.6. The molecule has 6 nitrogen and oxygen atoms in total. The monoisotopic (exact) mass is 320 g/mol. The second-order valence-electron chi connectivity index (χ2n) is 5.82. The highest BCUT2D eigenvalue weighted by Crippen LogP contribution is 2.20. The van der Waals surface area contributed by atoms with Crippen LogP contribution in [0.2, 0.25) is 0 Å². The van der Waals surface area contributed by atoms with E-state index in [1.165, 1.54) is 0 Å². The first-order valence-corrected chi connectivity index (χ1v) is 7.86. The highest BCUT2D eigenvalue weighted by Gasteiger charge is 2.26. The highest BCUT2D eigenvalue weighted by molar-refractivity contribution is 5.79. The van der Waals surface area contributed by atoms with Crippen LogP contribution in [0.15, 0.2) is 24.3 Å². The molecule has 2 amide bonds. The van der Waals surface area contributed by atoms with Gasteiger partial charge in [-0.3, -0.25) is 9.59 Å². The number of methoxy groups -OCH3 is 1. The SMILES string of the molecule is COc1cccc(C(O)CNC(=O)C2CCN(C(C)=O)CC2)c1. The van der Waals surface area contributed by atoms with Gasteiger partial charge in [-0.2, -0.15) is 0 Å². The molecule has 6 heteroatoms. The van der Waals surface area contributed by atoms with Gasteiger partial charge in [0.2, 0.25) is 11.8 Å². The van der Waals surface area contributed by atoms with Crippen molar-refractivity contribution in [3.8, 4) is 5.75 Å².